The number of rotatable bonds is 0. The van der Waals surface area contributed by atoms with Crippen LogP contribution >= 0.6 is 11.6 Å². The lowest BCUT2D eigenvalue weighted by Crippen LogP contribution is -2.26. The van der Waals surface area contributed by atoms with Crippen molar-refractivity contribution in [1.29, 1.82) is 0 Å². The highest BCUT2D eigenvalue weighted by Crippen LogP contribution is 2.64. The Morgan fingerprint density at radius 2 is 1.38 bits per heavy atom. The van der Waals surface area contributed by atoms with Crippen LogP contribution in [-0.4, -0.2) is 0 Å². The topological polar surface area (TPSA) is 13.1 Å². The molecule has 1 spiro atoms. The van der Waals surface area contributed by atoms with Gasteiger partial charge >= 0.3 is 0 Å². The van der Waals surface area contributed by atoms with E-state index >= 15 is 0 Å². The van der Waals surface area contributed by atoms with E-state index in [0.29, 0.717) is 5.02 Å². The van der Waals surface area contributed by atoms with Crippen LogP contribution in [0.25, 0.3) is 44.2 Å². The molecule has 5 aromatic carbocycles. The number of para-hydroxylation sites is 1. The number of halogens is 2. The van der Waals surface area contributed by atoms with Gasteiger partial charge in [0.1, 0.15) is 17.0 Å². The quantitative estimate of drug-likeness (QED) is 0.221. The van der Waals surface area contributed by atoms with Gasteiger partial charge in [-0.05, 0) is 69.3 Å². The Hall–Kier alpha value is -3.88. The van der Waals surface area contributed by atoms with E-state index in [4.69, 9.17) is 16.0 Å². The third-order valence-corrected chi connectivity index (χ3v) is 7.85. The number of benzene rings is 5. The molecule has 34 heavy (non-hydrogen) atoms. The molecule has 0 saturated carbocycles. The highest BCUT2D eigenvalue weighted by atomic mass is 35.5. The summed E-state index contributed by atoms with van der Waals surface area (Å²) in [6.07, 6.45) is 0. The van der Waals surface area contributed by atoms with E-state index in [1.807, 2.05) is 42.5 Å². The molecule has 0 N–H and O–H groups in total. The molecule has 1 aromatic heterocycles. The van der Waals surface area contributed by atoms with E-state index in [2.05, 4.69) is 42.5 Å². The van der Waals surface area contributed by atoms with Gasteiger partial charge in [-0.2, -0.15) is 0 Å². The average molecular weight is 459 g/mol. The summed E-state index contributed by atoms with van der Waals surface area (Å²) < 4.78 is 21.3. The molecule has 2 aliphatic carbocycles. The monoisotopic (exact) mass is 458 g/mol. The fourth-order valence-electron chi connectivity index (χ4n) is 6.39. The molecule has 6 aromatic rings. The van der Waals surface area contributed by atoms with E-state index in [0.717, 1.165) is 66.4 Å². The van der Waals surface area contributed by atoms with E-state index in [1.54, 1.807) is 12.1 Å². The summed E-state index contributed by atoms with van der Waals surface area (Å²) in [4.78, 5) is 0. The van der Waals surface area contributed by atoms with Crippen molar-refractivity contribution in [2.75, 3.05) is 0 Å². The molecule has 1 atom stereocenters. The van der Waals surface area contributed by atoms with Crippen LogP contribution in [0.1, 0.15) is 22.3 Å². The van der Waals surface area contributed by atoms with Crippen molar-refractivity contribution >= 4 is 33.5 Å². The Bertz CT molecular complexity index is 1850. The minimum atomic E-state index is -0.656. The van der Waals surface area contributed by atoms with Crippen LogP contribution in [0.2, 0.25) is 5.02 Å². The summed E-state index contributed by atoms with van der Waals surface area (Å²) in [6, 6.07) is 32.1. The van der Waals surface area contributed by atoms with E-state index in [9.17, 15) is 4.39 Å². The van der Waals surface area contributed by atoms with Crippen LogP contribution in [0.3, 0.4) is 0 Å². The van der Waals surface area contributed by atoms with Gasteiger partial charge in [0.25, 0.3) is 0 Å². The van der Waals surface area contributed by atoms with Gasteiger partial charge in [-0.15, -0.1) is 0 Å². The SMILES string of the molecule is Fc1ccc2c(c1)C1(c3ccccc3-2)c2cc(Cl)ccc2-c2c1ccc1c2oc2ccccc21. The van der Waals surface area contributed by atoms with Crippen molar-refractivity contribution in [2.24, 2.45) is 0 Å². The Balaban J connectivity index is 1.63. The highest BCUT2D eigenvalue weighted by Gasteiger charge is 2.52. The summed E-state index contributed by atoms with van der Waals surface area (Å²) in [5.41, 5.74) is 9.66. The number of hydrogen-bond acceptors (Lipinski definition) is 1. The molecular formula is C31H16ClFO. The second-order valence-corrected chi connectivity index (χ2v) is 9.57. The molecule has 1 nitrogen and oxygen atoms in total. The van der Waals surface area contributed by atoms with Gasteiger partial charge < -0.3 is 4.42 Å². The summed E-state index contributed by atoms with van der Waals surface area (Å²) in [6.45, 7) is 0. The van der Waals surface area contributed by atoms with E-state index in [-0.39, 0.29) is 5.82 Å². The lowest BCUT2D eigenvalue weighted by atomic mass is 9.70. The van der Waals surface area contributed by atoms with Crippen LogP contribution < -0.4 is 0 Å². The first-order chi connectivity index (χ1) is 16.7. The molecule has 3 heteroatoms. The van der Waals surface area contributed by atoms with Gasteiger partial charge in [-0.1, -0.05) is 78.3 Å². The smallest absolute Gasteiger partial charge is 0.143 e. The normalized spacial score (nSPS) is 17.2. The second-order valence-electron chi connectivity index (χ2n) is 9.14. The molecular weight excluding hydrogens is 443 g/mol. The van der Waals surface area contributed by atoms with E-state index in [1.165, 1.54) is 0 Å². The molecule has 0 saturated heterocycles. The van der Waals surface area contributed by atoms with Gasteiger partial charge in [0.15, 0.2) is 0 Å². The summed E-state index contributed by atoms with van der Waals surface area (Å²) >= 11 is 6.60. The highest BCUT2D eigenvalue weighted by molar-refractivity contribution is 6.31. The van der Waals surface area contributed by atoms with Gasteiger partial charge in [0, 0.05) is 21.4 Å². The first kappa shape index (κ1) is 18.5. The zero-order chi connectivity index (χ0) is 22.6. The Morgan fingerprint density at radius 1 is 0.618 bits per heavy atom. The summed E-state index contributed by atoms with van der Waals surface area (Å²) in [5.74, 6) is -0.243. The molecule has 0 bridgehead atoms. The maximum absolute atomic E-state index is 14.8. The number of furan rings is 1. The summed E-state index contributed by atoms with van der Waals surface area (Å²) in [5, 5.41) is 2.84. The van der Waals surface area contributed by atoms with Crippen molar-refractivity contribution in [3.8, 4) is 22.3 Å². The molecule has 160 valence electrons. The predicted molar refractivity (Wildman–Crippen MR) is 135 cm³/mol. The van der Waals surface area contributed by atoms with Crippen molar-refractivity contribution in [3.05, 3.63) is 130 Å². The molecule has 2 aliphatic rings. The molecule has 0 aliphatic heterocycles. The maximum atomic E-state index is 14.8. The van der Waals surface area contributed by atoms with Crippen LogP contribution in [-0.2, 0) is 5.41 Å². The molecule has 1 heterocycles. The van der Waals surface area contributed by atoms with Crippen LogP contribution in [0.15, 0.2) is 101 Å². The molecule has 0 radical (unpaired) electrons. The zero-order valence-electron chi connectivity index (χ0n) is 17.9. The molecule has 0 fully saturated rings. The largest absolute Gasteiger partial charge is 0.455 e. The van der Waals surface area contributed by atoms with Crippen molar-refractivity contribution in [1.82, 2.24) is 0 Å². The van der Waals surface area contributed by atoms with Gasteiger partial charge in [0.05, 0.1) is 5.41 Å². The number of fused-ring (bicyclic) bond motifs is 14. The van der Waals surface area contributed by atoms with Gasteiger partial charge in [0.2, 0.25) is 0 Å². The van der Waals surface area contributed by atoms with Gasteiger partial charge in [-0.25, -0.2) is 4.39 Å². The van der Waals surface area contributed by atoms with Gasteiger partial charge in [-0.3, -0.25) is 0 Å². The minimum absolute atomic E-state index is 0.243. The lowest BCUT2D eigenvalue weighted by molar-refractivity contribution is 0.622. The molecule has 0 amide bonds. The second kappa shape index (κ2) is 6.16. The van der Waals surface area contributed by atoms with Crippen LogP contribution in [0.5, 0.6) is 0 Å². The number of hydrogen-bond donors (Lipinski definition) is 0. The summed E-state index contributed by atoms with van der Waals surface area (Å²) in [7, 11) is 0. The molecule has 8 rings (SSSR count). The molecule has 1 unspecified atom stereocenters. The minimum Gasteiger partial charge on any atom is -0.455 e. The standard InChI is InChI=1S/C31H16ClFO/c32-17-9-11-23-26(15-17)31(24-7-3-1-5-19(24)20-12-10-18(33)16-27(20)31)25-14-13-22-21-6-2-4-8-28(21)34-30(22)29(23)25/h1-16H. The van der Waals surface area contributed by atoms with Crippen molar-refractivity contribution in [3.63, 3.8) is 0 Å². The third-order valence-electron chi connectivity index (χ3n) is 7.61. The fourth-order valence-corrected chi connectivity index (χ4v) is 6.56. The van der Waals surface area contributed by atoms with Crippen LogP contribution in [0.4, 0.5) is 4.39 Å². The van der Waals surface area contributed by atoms with Crippen molar-refractivity contribution in [2.45, 2.75) is 5.41 Å². The Labute approximate surface area is 200 Å². The first-order valence-corrected chi connectivity index (χ1v) is 11.7. The lowest BCUT2D eigenvalue weighted by Gasteiger charge is -2.30. The fraction of sp³-hybridized carbons (Fsp3) is 0.0323. The average Bonchev–Trinajstić information content (AvgIpc) is 3.47. The first-order valence-electron chi connectivity index (χ1n) is 11.3. The third kappa shape index (κ3) is 2.02. The Morgan fingerprint density at radius 3 is 2.32 bits per heavy atom. The predicted octanol–water partition coefficient (Wildman–Crippen LogP) is 8.72. The van der Waals surface area contributed by atoms with E-state index < -0.39 is 5.41 Å². The Kier molecular flexibility index (Phi) is 3.36. The van der Waals surface area contributed by atoms with Crippen LogP contribution in [0, 0.1) is 5.82 Å². The maximum Gasteiger partial charge on any atom is 0.143 e. The van der Waals surface area contributed by atoms with Crippen molar-refractivity contribution < 1.29 is 8.81 Å². The zero-order valence-corrected chi connectivity index (χ0v) is 18.7.